The van der Waals surface area contributed by atoms with E-state index in [0.717, 1.165) is 62.4 Å². The number of hydrogen-bond donors (Lipinski definition) is 2. The Bertz CT molecular complexity index is 1200. The molecule has 1 saturated heterocycles. The van der Waals surface area contributed by atoms with Crippen molar-refractivity contribution in [3.05, 3.63) is 36.3 Å². The Morgan fingerprint density at radius 2 is 2.03 bits per heavy atom. The lowest BCUT2D eigenvalue weighted by Crippen LogP contribution is -2.43. The summed E-state index contributed by atoms with van der Waals surface area (Å²) in [5.74, 6) is 0.454. The van der Waals surface area contributed by atoms with Crippen molar-refractivity contribution in [2.75, 3.05) is 50.4 Å². The summed E-state index contributed by atoms with van der Waals surface area (Å²) in [6.45, 7) is 1.30. The van der Waals surface area contributed by atoms with Crippen molar-refractivity contribution in [2.45, 2.75) is 31.7 Å². The third kappa shape index (κ3) is 4.00. The van der Waals surface area contributed by atoms with Crippen LogP contribution in [0.15, 0.2) is 30.6 Å². The van der Waals surface area contributed by atoms with Gasteiger partial charge < -0.3 is 25.0 Å². The lowest BCUT2D eigenvalue weighted by molar-refractivity contribution is 0.0815. The number of piperazine rings is 1. The van der Waals surface area contributed by atoms with Crippen molar-refractivity contribution in [3.63, 3.8) is 0 Å². The minimum absolute atomic E-state index is 0.0932. The highest BCUT2D eigenvalue weighted by atomic mass is 16.2. The number of carbonyl (C=O) groups excluding carboxylic acids is 1. The zero-order valence-corrected chi connectivity index (χ0v) is 18.2. The van der Waals surface area contributed by atoms with Crippen LogP contribution < -0.4 is 15.5 Å². The Balaban J connectivity index is 1.45. The second kappa shape index (κ2) is 8.74. The van der Waals surface area contributed by atoms with Crippen molar-refractivity contribution in [1.29, 1.82) is 0 Å². The number of hydrogen-bond acceptors (Lipinski definition) is 7. The lowest BCUT2D eigenvalue weighted by Gasteiger charge is -2.29. The molecule has 1 aliphatic heterocycles. The molecular formula is C23H30N8O. The number of carbonyl (C=O) groups is 1. The van der Waals surface area contributed by atoms with E-state index in [2.05, 4.69) is 25.5 Å². The Morgan fingerprint density at radius 3 is 2.75 bits per heavy atom. The number of fused-ring (bicyclic) bond motifs is 1. The van der Waals surface area contributed by atoms with Gasteiger partial charge in [-0.25, -0.2) is 9.97 Å². The summed E-state index contributed by atoms with van der Waals surface area (Å²) < 4.78 is 24.9. The zero-order valence-electron chi connectivity index (χ0n) is 21.2. The van der Waals surface area contributed by atoms with Gasteiger partial charge in [0.25, 0.3) is 5.91 Å². The normalized spacial score (nSPS) is 18.9. The molecule has 9 nitrogen and oxygen atoms in total. The topological polar surface area (TPSA) is 91.2 Å². The molecule has 32 heavy (non-hydrogen) atoms. The van der Waals surface area contributed by atoms with Gasteiger partial charge in [0.1, 0.15) is 17.2 Å². The van der Waals surface area contributed by atoms with Gasteiger partial charge in [-0.1, -0.05) is 12.8 Å². The van der Waals surface area contributed by atoms with Gasteiger partial charge >= 0.3 is 0 Å². The van der Waals surface area contributed by atoms with Gasteiger partial charge in [-0.3, -0.25) is 4.79 Å². The molecule has 1 amide bonds. The van der Waals surface area contributed by atoms with E-state index in [-0.39, 0.29) is 6.04 Å². The predicted molar refractivity (Wildman–Crippen MR) is 126 cm³/mol. The second-order valence-electron chi connectivity index (χ2n) is 8.44. The molecule has 2 N–H and O–H groups in total. The van der Waals surface area contributed by atoms with E-state index in [1.165, 1.54) is 7.05 Å². The largest absolute Gasteiger partial charge is 0.368 e. The highest BCUT2D eigenvalue weighted by molar-refractivity contribution is 5.97. The third-order valence-corrected chi connectivity index (χ3v) is 6.26. The Kier molecular flexibility index (Phi) is 4.74. The fraction of sp³-hybridized carbons (Fsp3) is 0.478. The maximum absolute atomic E-state index is 13.1. The fourth-order valence-electron chi connectivity index (χ4n) is 4.62. The van der Waals surface area contributed by atoms with Gasteiger partial charge in [0.15, 0.2) is 0 Å². The van der Waals surface area contributed by atoms with E-state index in [0.29, 0.717) is 28.5 Å². The third-order valence-electron chi connectivity index (χ3n) is 6.26. The van der Waals surface area contributed by atoms with Crippen LogP contribution in [0, 0.1) is 0 Å². The van der Waals surface area contributed by atoms with E-state index in [9.17, 15) is 4.79 Å². The molecule has 3 aromatic rings. The maximum atomic E-state index is 13.1. The van der Waals surface area contributed by atoms with Crippen LogP contribution in [0.5, 0.6) is 0 Å². The van der Waals surface area contributed by atoms with Crippen LogP contribution in [-0.4, -0.2) is 70.5 Å². The SMILES string of the molecule is [2H]C([2H])([2H])N(C)C(=O)c1cc2cnc(Nc3ccc(N4CCNCC4)cn3)nc2n1C1CCCC1. The lowest BCUT2D eigenvalue weighted by atomic mass is 10.2. The average Bonchev–Trinajstić information content (AvgIpc) is 3.51. The Hall–Kier alpha value is -3.20. The van der Waals surface area contributed by atoms with Crippen LogP contribution in [0.4, 0.5) is 17.5 Å². The zero-order chi connectivity index (χ0) is 24.6. The molecular weight excluding hydrogens is 404 g/mol. The van der Waals surface area contributed by atoms with E-state index in [4.69, 9.17) is 9.10 Å². The maximum Gasteiger partial charge on any atom is 0.270 e. The van der Waals surface area contributed by atoms with E-state index in [1.54, 1.807) is 12.3 Å². The highest BCUT2D eigenvalue weighted by Gasteiger charge is 2.26. The first-order valence-electron chi connectivity index (χ1n) is 12.7. The Morgan fingerprint density at radius 1 is 1.22 bits per heavy atom. The molecule has 4 heterocycles. The van der Waals surface area contributed by atoms with Crippen molar-refractivity contribution in [1.82, 2.24) is 29.7 Å². The van der Waals surface area contributed by atoms with Crippen molar-refractivity contribution >= 4 is 34.4 Å². The molecule has 0 atom stereocenters. The highest BCUT2D eigenvalue weighted by Crippen LogP contribution is 2.35. The molecule has 3 aromatic heterocycles. The summed E-state index contributed by atoms with van der Waals surface area (Å²) >= 11 is 0. The summed E-state index contributed by atoms with van der Waals surface area (Å²) in [6.07, 6.45) is 7.47. The van der Waals surface area contributed by atoms with Crippen LogP contribution in [0.3, 0.4) is 0 Å². The predicted octanol–water partition coefficient (Wildman–Crippen LogP) is 2.80. The Labute approximate surface area is 192 Å². The average molecular weight is 438 g/mol. The minimum Gasteiger partial charge on any atom is -0.368 e. The van der Waals surface area contributed by atoms with E-state index in [1.807, 2.05) is 22.9 Å². The number of aromatic nitrogens is 4. The van der Waals surface area contributed by atoms with Gasteiger partial charge in [0.2, 0.25) is 5.95 Å². The summed E-state index contributed by atoms with van der Waals surface area (Å²) in [5.41, 5.74) is 2.02. The van der Waals surface area contributed by atoms with Crippen molar-refractivity contribution < 1.29 is 8.91 Å². The van der Waals surface area contributed by atoms with Crippen LogP contribution in [0.1, 0.15) is 46.3 Å². The summed E-state index contributed by atoms with van der Waals surface area (Å²) in [6, 6.07) is 5.72. The van der Waals surface area contributed by atoms with Gasteiger partial charge in [-0.2, -0.15) is 4.98 Å². The van der Waals surface area contributed by atoms with Gasteiger partial charge in [-0.15, -0.1) is 0 Å². The number of pyridine rings is 1. The molecule has 0 unspecified atom stereocenters. The second-order valence-corrected chi connectivity index (χ2v) is 8.44. The molecule has 9 heteroatoms. The van der Waals surface area contributed by atoms with E-state index < -0.39 is 12.9 Å². The molecule has 2 fully saturated rings. The first-order chi connectivity index (χ1) is 16.8. The molecule has 0 bridgehead atoms. The molecule has 0 radical (unpaired) electrons. The van der Waals surface area contributed by atoms with Gasteiger partial charge in [0.05, 0.1) is 11.9 Å². The molecule has 1 saturated carbocycles. The monoisotopic (exact) mass is 437 g/mol. The number of nitrogens with one attached hydrogen (secondary N) is 2. The first kappa shape index (κ1) is 17.4. The molecule has 2 aliphatic rings. The molecule has 5 rings (SSSR count). The first-order valence-corrected chi connectivity index (χ1v) is 11.2. The van der Waals surface area contributed by atoms with Crippen molar-refractivity contribution in [2.24, 2.45) is 0 Å². The molecule has 168 valence electrons. The van der Waals surface area contributed by atoms with Crippen LogP contribution in [0.2, 0.25) is 0 Å². The van der Waals surface area contributed by atoms with Crippen LogP contribution in [0.25, 0.3) is 11.0 Å². The summed E-state index contributed by atoms with van der Waals surface area (Å²) in [4.78, 5) is 29.9. The number of amides is 1. The number of nitrogens with zero attached hydrogens (tertiary/aromatic N) is 6. The van der Waals surface area contributed by atoms with Crippen molar-refractivity contribution in [3.8, 4) is 0 Å². The smallest absolute Gasteiger partial charge is 0.270 e. The summed E-state index contributed by atoms with van der Waals surface area (Å²) in [5, 5.41) is 7.21. The van der Waals surface area contributed by atoms with Gasteiger partial charge in [-0.05, 0) is 31.0 Å². The standard InChI is InChI=1S/C23H30N8O/c1-29(2)22(32)19-13-16-14-26-23(28-21(16)31(19)17-5-3-4-6-17)27-20-8-7-18(15-25-20)30-11-9-24-10-12-30/h7-8,13-15,17,24H,3-6,9-12H2,1-2H3,(H,25,26,27,28)/i1D3. The van der Waals surface area contributed by atoms with Gasteiger partial charge in [0, 0.05) is 61.9 Å². The van der Waals surface area contributed by atoms with E-state index >= 15 is 0 Å². The number of rotatable bonds is 5. The molecule has 0 aromatic carbocycles. The van der Waals surface area contributed by atoms with Crippen LogP contribution >= 0.6 is 0 Å². The molecule has 1 aliphatic carbocycles. The minimum atomic E-state index is -2.52. The fourth-order valence-corrected chi connectivity index (χ4v) is 4.62. The van der Waals surface area contributed by atoms with Crippen LogP contribution in [-0.2, 0) is 0 Å². The summed E-state index contributed by atoms with van der Waals surface area (Å²) in [7, 11) is 1.31. The quantitative estimate of drug-likeness (QED) is 0.634. The molecule has 0 spiro atoms. The number of anilines is 3.